The Balaban J connectivity index is 1.86. The van der Waals surface area contributed by atoms with Crippen LogP contribution in [-0.2, 0) is 19.9 Å². The van der Waals surface area contributed by atoms with E-state index in [4.69, 9.17) is 21.1 Å². The number of halogens is 1. The minimum atomic E-state index is -4.22. The number of carbonyl (C=O) groups excluding carboxylic acids is 1. The molecular formula is C17H16ClNO7S2. The predicted octanol–water partition coefficient (Wildman–Crippen LogP) is 2.02. The second-order valence-electron chi connectivity index (χ2n) is 6.01. The quantitative estimate of drug-likeness (QED) is 0.765. The van der Waals surface area contributed by atoms with Gasteiger partial charge in [-0.25, -0.2) is 21.6 Å². The molecule has 0 spiro atoms. The standard InChI is InChI=1S/C17H16ClNO7S2/c1-27(21,22)12-3-5-13(6-4-12)28(23,24)19-17(20)11-9-14(18)16-15(10-11)25-7-2-8-26-16/h3-6,9-10H,2,7-8H2,1H3,(H,19,20). The summed E-state index contributed by atoms with van der Waals surface area (Å²) in [5, 5.41) is 0.124. The summed E-state index contributed by atoms with van der Waals surface area (Å²) in [4.78, 5) is 12.2. The smallest absolute Gasteiger partial charge is 0.265 e. The van der Waals surface area contributed by atoms with Gasteiger partial charge in [-0.3, -0.25) is 4.79 Å². The highest BCUT2D eigenvalue weighted by atomic mass is 35.5. The van der Waals surface area contributed by atoms with Gasteiger partial charge in [0, 0.05) is 18.2 Å². The summed E-state index contributed by atoms with van der Waals surface area (Å²) in [6, 6.07) is 7.15. The van der Waals surface area contributed by atoms with Gasteiger partial charge in [0.2, 0.25) is 0 Å². The van der Waals surface area contributed by atoms with Crippen LogP contribution in [0.4, 0.5) is 0 Å². The molecule has 2 aromatic rings. The molecule has 0 atom stereocenters. The van der Waals surface area contributed by atoms with Crippen molar-refractivity contribution in [2.24, 2.45) is 0 Å². The highest BCUT2D eigenvalue weighted by Gasteiger charge is 2.23. The number of carbonyl (C=O) groups is 1. The Labute approximate surface area is 167 Å². The lowest BCUT2D eigenvalue weighted by molar-refractivity contribution is 0.0981. The molecule has 0 saturated carbocycles. The number of sulfone groups is 1. The Morgan fingerprint density at radius 1 is 1.00 bits per heavy atom. The molecule has 0 fully saturated rings. The van der Waals surface area contributed by atoms with Crippen LogP contribution in [0, 0.1) is 0 Å². The van der Waals surface area contributed by atoms with E-state index in [2.05, 4.69) is 0 Å². The van der Waals surface area contributed by atoms with E-state index in [-0.39, 0.29) is 26.1 Å². The largest absolute Gasteiger partial charge is 0.489 e. The second kappa shape index (κ2) is 7.61. The summed E-state index contributed by atoms with van der Waals surface area (Å²) in [5.74, 6) is -0.357. The summed E-state index contributed by atoms with van der Waals surface area (Å²) in [5.41, 5.74) is -0.0226. The highest BCUT2D eigenvalue weighted by Crippen LogP contribution is 2.38. The maximum Gasteiger partial charge on any atom is 0.265 e. The third kappa shape index (κ3) is 4.40. The van der Waals surface area contributed by atoms with Crippen molar-refractivity contribution in [2.45, 2.75) is 16.2 Å². The zero-order chi connectivity index (χ0) is 20.5. The highest BCUT2D eigenvalue weighted by molar-refractivity contribution is 7.91. The van der Waals surface area contributed by atoms with Crippen molar-refractivity contribution in [3.05, 3.63) is 47.0 Å². The molecule has 0 aliphatic carbocycles. The van der Waals surface area contributed by atoms with Crippen molar-refractivity contribution in [2.75, 3.05) is 19.5 Å². The zero-order valence-electron chi connectivity index (χ0n) is 14.6. The average Bonchev–Trinajstić information content (AvgIpc) is 2.86. The number of fused-ring (bicyclic) bond motifs is 1. The fourth-order valence-electron chi connectivity index (χ4n) is 2.47. The number of sulfonamides is 1. The first-order chi connectivity index (χ1) is 13.1. The molecule has 150 valence electrons. The Bertz CT molecular complexity index is 1130. The monoisotopic (exact) mass is 445 g/mol. The SMILES string of the molecule is CS(=O)(=O)c1ccc(S(=O)(=O)NC(=O)c2cc(Cl)c3c(c2)OCCCO3)cc1. The van der Waals surface area contributed by atoms with Crippen molar-refractivity contribution in [3.8, 4) is 11.5 Å². The maximum absolute atomic E-state index is 12.4. The van der Waals surface area contributed by atoms with E-state index in [0.29, 0.717) is 25.4 Å². The number of hydrogen-bond acceptors (Lipinski definition) is 7. The molecular weight excluding hydrogens is 430 g/mol. The molecule has 1 heterocycles. The van der Waals surface area contributed by atoms with Crippen molar-refractivity contribution in [1.29, 1.82) is 0 Å². The minimum absolute atomic E-state index is 0.0226. The third-order valence-electron chi connectivity index (χ3n) is 3.85. The van der Waals surface area contributed by atoms with Crippen molar-refractivity contribution in [1.82, 2.24) is 4.72 Å². The molecule has 11 heteroatoms. The first kappa shape index (κ1) is 20.4. The van der Waals surface area contributed by atoms with Crippen LogP contribution in [0.2, 0.25) is 5.02 Å². The lowest BCUT2D eigenvalue weighted by Crippen LogP contribution is -2.30. The number of amides is 1. The lowest BCUT2D eigenvalue weighted by Gasteiger charge is -2.12. The van der Waals surface area contributed by atoms with Crippen LogP contribution in [0.15, 0.2) is 46.2 Å². The molecule has 1 aliphatic rings. The number of benzene rings is 2. The molecule has 28 heavy (non-hydrogen) atoms. The van der Waals surface area contributed by atoms with E-state index in [9.17, 15) is 21.6 Å². The molecule has 0 radical (unpaired) electrons. The summed E-state index contributed by atoms with van der Waals surface area (Å²) in [7, 11) is -7.69. The summed E-state index contributed by atoms with van der Waals surface area (Å²) >= 11 is 6.12. The van der Waals surface area contributed by atoms with Crippen molar-refractivity contribution in [3.63, 3.8) is 0 Å². The van der Waals surface area contributed by atoms with E-state index < -0.39 is 25.8 Å². The molecule has 1 aliphatic heterocycles. The van der Waals surface area contributed by atoms with E-state index in [1.165, 1.54) is 12.1 Å². The molecule has 0 bridgehead atoms. The van der Waals surface area contributed by atoms with Gasteiger partial charge in [0.05, 0.1) is 28.0 Å². The first-order valence-corrected chi connectivity index (χ1v) is 11.8. The zero-order valence-corrected chi connectivity index (χ0v) is 17.0. The minimum Gasteiger partial charge on any atom is -0.489 e. The van der Waals surface area contributed by atoms with E-state index in [1.54, 1.807) is 0 Å². The van der Waals surface area contributed by atoms with Gasteiger partial charge in [-0.05, 0) is 36.4 Å². The molecule has 1 amide bonds. The fourth-order valence-corrected chi connectivity index (χ4v) is 4.34. The fraction of sp³-hybridized carbons (Fsp3) is 0.235. The van der Waals surface area contributed by atoms with Crippen LogP contribution < -0.4 is 14.2 Å². The molecule has 0 unspecified atom stereocenters. The third-order valence-corrected chi connectivity index (χ3v) is 6.61. The molecule has 3 rings (SSSR count). The van der Waals surface area contributed by atoms with E-state index in [0.717, 1.165) is 30.5 Å². The number of ether oxygens (including phenoxy) is 2. The van der Waals surface area contributed by atoms with Crippen LogP contribution in [0.3, 0.4) is 0 Å². The van der Waals surface area contributed by atoms with Crippen LogP contribution in [0.25, 0.3) is 0 Å². The Hall–Kier alpha value is -2.30. The van der Waals surface area contributed by atoms with Crippen LogP contribution in [0.5, 0.6) is 11.5 Å². The summed E-state index contributed by atoms with van der Waals surface area (Å²) in [6.45, 7) is 0.787. The Morgan fingerprint density at radius 3 is 2.25 bits per heavy atom. The maximum atomic E-state index is 12.4. The van der Waals surface area contributed by atoms with E-state index in [1.807, 2.05) is 4.72 Å². The normalized spacial score (nSPS) is 14.2. The predicted molar refractivity (Wildman–Crippen MR) is 101 cm³/mol. The van der Waals surface area contributed by atoms with Gasteiger partial charge in [0.1, 0.15) is 0 Å². The van der Waals surface area contributed by atoms with Gasteiger partial charge in [-0.1, -0.05) is 11.6 Å². The summed E-state index contributed by atoms with van der Waals surface area (Å²) < 4.78 is 60.7. The summed E-state index contributed by atoms with van der Waals surface area (Å²) in [6.07, 6.45) is 1.65. The molecule has 2 aromatic carbocycles. The van der Waals surface area contributed by atoms with Gasteiger partial charge in [0.15, 0.2) is 21.3 Å². The van der Waals surface area contributed by atoms with Gasteiger partial charge in [-0.15, -0.1) is 0 Å². The van der Waals surface area contributed by atoms with Crippen molar-refractivity contribution >= 4 is 37.4 Å². The number of hydrogen-bond donors (Lipinski definition) is 1. The van der Waals surface area contributed by atoms with Crippen LogP contribution >= 0.6 is 11.6 Å². The van der Waals surface area contributed by atoms with Crippen molar-refractivity contribution < 1.29 is 31.1 Å². The van der Waals surface area contributed by atoms with Crippen LogP contribution in [0.1, 0.15) is 16.8 Å². The lowest BCUT2D eigenvalue weighted by atomic mass is 10.2. The van der Waals surface area contributed by atoms with Gasteiger partial charge in [0.25, 0.3) is 15.9 Å². The van der Waals surface area contributed by atoms with Gasteiger partial charge >= 0.3 is 0 Å². The Kier molecular flexibility index (Phi) is 5.55. The van der Waals surface area contributed by atoms with Gasteiger partial charge < -0.3 is 9.47 Å². The second-order valence-corrected chi connectivity index (χ2v) is 10.1. The molecule has 8 nitrogen and oxygen atoms in total. The number of rotatable bonds is 4. The molecule has 0 saturated heterocycles. The molecule has 0 aromatic heterocycles. The van der Waals surface area contributed by atoms with Crippen LogP contribution in [-0.4, -0.2) is 42.2 Å². The molecule has 1 N–H and O–H groups in total. The Morgan fingerprint density at radius 2 is 1.61 bits per heavy atom. The topological polar surface area (TPSA) is 116 Å². The number of nitrogens with one attached hydrogen (secondary N) is 1. The average molecular weight is 446 g/mol. The first-order valence-electron chi connectivity index (χ1n) is 8.04. The van der Waals surface area contributed by atoms with Gasteiger partial charge in [-0.2, -0.15) is 0 Å². The van der Waals surface area contributed by atoms with E-state index >= 15 is 0 Å².